The molecule has 8 nitrogen and oxygen atoms in total. The van der Waals surface area contributed by atoms with E-state index >= 15 is 0 Å². The van der Waals surface area contributed by atoms with Crippen LogP contribution in [0.15, 0.2) is 41.4 Å². The molecule has 2 aromatic heterocycles. The van der Waals surface area contributed by atoms with Crippen molar-refractivity contribution in [3.63, 3.8) is 0 Å². The molecule has 2 heterocycles. The molecule has 0 radical (unpaired) electrons. The van der Waals surface area contributed by atoms with Crippen LogP contribution in [0.3, 0.4) is 0 Å². The van der Waals surface area contributed by atoms with Crippen molar-refractivity contribution in [2.75, 3.05) is 0 Å². The molecular formula is C12H10N6O2. The topological polar surface area (TPSA) is 110 Å². The fourth-order valence-corrected chi connectivity index (χ4v) is 1.65. The molecule has 0 aliphatic carbocycles. The number of carbonyl (C=O) groups excluding carboxylic acids is 1. The van der Waals surface area contributed by atoms with Crippen LogP contribution < -0.4 is 5.32 Å². The number of nitrogens with one attached hydrogen (secondary N) is 2. The van der Waals surface area contributed by atoms with Gasteiger partial charge in [0, 0.05) is 11.1 Å². The van der Waals surface area contributed by atoms with Crippen LogP contribution in [0.25, 0.3) is 11.5 Å². The lowest BCUT2D eigenvalue weighted by Gasteiger charge is -2.03. The van der Waals surface area contributed by atoms with Crippen molar-refractivity contribution < 1.29 is 9.21 Å². The van der Waals surface area contributed by atoms with E-state index in [2.05, 4.69) is 30.7 Å². The van der Waals surface area contributed by atoms with Gasteiger partial charge in [-0.3, -0.25) is 9.89 Å². The third kappa shape index (κ3) is 2.53. The van der Waals surface area contributed by atoms with E-state index in [4.69, 9.17) is 4.42 Å². The summed E-state index contributed by atoms with van der Waals surface area (Å²) in [5, 5.41) is 16.5. The maximum atomic E-state index is 11.9. The predicted octanol–water partition coefficient (Wildman–Crippen LogP) is 0.785. The molecule has 0 atom stereocenters. The molecular weight excluding hydrogens is 260 g/mol. The molecule has 100 valence electrons. The molecule has 3 aromatic rings. The van der Waals surface area contributed by atoms with Crippen LogP contribution >= 0.6 is 0 Å². The number of hydrogen-bond acceptors (Lipinski definition) is 6. The molecule has 0 unspecified atom stereocenters. The Morgan fingerprint density at radius 1 is 1.30 bits per heavy atom. The van der Waals surface area contributed by atoms with Gasteiger partial charge >= 0.3 is 0 Å². The van der Waals surface area contributed by atoms with E-state index in [0.29, 0.717) is 23.8 Å². The molecule has 3 rings (SSSR count). The minimum Gasteiger partial charge on any atom is -0.423 e. The molecule has 0 fully saturated rings. The Balaban J connectivity index is 1.66. The Morgan fingerprint density at radius 2 is 2.15 bits per heavy atom. The van der Waals surface area contributed by atoms with Gasteiger partial charge in [0.1, 0.15) is 12.2 Å². The Hall–Kier alpha value is -3.03. The third-order valence-electron chi connectivity index (χ3n) is 2.64. The summed E-state index contributed by atoms with van der Waals surface area (Å²) in [4.78, 5) is 15.8. The van der Waals surface area contributed by atoms with Gasteiger partial charge in [0.2, 0.25) is 12.3 Å². The zero-order valence-electron chi connectivity index (χ0n) is 10.3. The maximum Gasteiger partial charge on any atom is 0.251 e. The quantitative estimate of drug-likeness (QED) is 0.725. The maximum absolute atomic E-state index is 11.9. The molecule has 0 saturated heterocycles. The number of rotatable bonds is 4. The fourth-order valence-electron chi connectivity index (χ4n) is 1.65. The number of carbonyl (C=O) groups is 1. The second-order valence-electron chi connectivity index (χ2n) is 3.94. The SMILES string of the molecule is O=C(NCc1ncn[nH]1)c1ccc(-c2nnco2)cc1. The lowest BCUT2D eigenvalue weighted by atomic mass is 10.1. The molecule has 1 aromatic carbocycles. The average molecular weight is 270 g/mol. The smallest absolute Gasteiger partial charge is 0.251 e. The van der Waals surface area contributed by atoms with E-state index in [-0.39, 0.29) is 5.91 Å². The Bertz CT molecular complexity index is 675. The van der Waals surface area contributed by atoms with Gasteiger partial charge in [0.25, 0.3) is 5.91 Å². The van der Waals surface area contributed by atoms with Crippen molar-refractivity contribution >= 4 is 5.91 Å². The summed E-state index contributed by atoms with van der Waals surface area (Å²) in [6.45, 7) is 0.296. The van der Waals surface area contributed by atoms with Crippen LogP contribution in [0.2, 0.25) is 0 Å². The zero-order valence-corrected chi connectivity index (χ0v) is 10.3. The summed E-state index contributed by atoms with van der Waals surface area (Å²) in [7, 11) is 0. The first-order valence-electron chi connectivity index (χ1n) is 5.82. The van der Waals surface area contributed by atoms with Crippen LogP contribution in [0.4, 0.5) is 0 Å². The largest absolute Gasteiger partial charge is 0.423 e. The van der Waals surface area contributed by atoms with E-state index in [9.17, 15) is 4.79 Å². The molecule has 1 amide bonds. The van der Waals surface area contributed by atoms with Crippen LogP contribution in [0.1, 0.15) is 16.2 Å². The number of nitrogens with zero attached hydrogens (tertiary/aromatic N) is 4. The summed E-state index contributed by atoms with van der Waals surface area (Å²) < 4.78 is 5.07. The highest BCUT2D eigenvalue weighted by Gasteiger charge is 2.08. The van der Waals surface area contributed by atoms with Crippen LogP contribution in [-0.2, 0) is 6.54 Å². The lowest BCUT2D eigenvalue weighted by molar-refractivity contribution is 0.0950. The minimum atomic E-state index is -0.196. The number of amides is 1. The van der Waals surface area contributed by atoms with E-state index in [1.54, 1.807) is 24.3 Å². The highest BCUT2D eigenvalue weighted by atomic mass is 16.4. The summed E-state index contributed by atoms with van der Waals surface area (Å²) in [6, 6.07) is 6.87. The van der Waals surface area contributed by atoms with Crippen molar-refractivity contribution in [2.24, 2.45) is 0 Å². The van der Waals surface area contributed by atoms with E-state index in [1.807, 2.05) is 0 Å². The fraction of sp³-hybridized carbons (Fsp3) is 0.0833. The predicted molar refractivity (Wildman–Crippen MR) is 67.3 cm³/mol. The van der Waals surface area contributed by atoms with Gasteiger partial charge in [-0.1, -0.05) is 0 Å². The van der Waals surface area contributed by atoms with Gasteiger partial charge in [-0.05, 0) is 24.3 Å². The van der Waals surface area contributed by atoms with Gasteiger partial charge in [-0.15, -0.1) is 10.2 Å². The van der Waals surface area contributed by atoms with Gasteiger partial charge in [0.15, 0.2) is 0 Å². The van der Waals surface area contributed by atoms with Gasteiger partial charge in [0.05, 0.1) is 6.54 Å². The molecule has 0 aliphatic heterocycles. The molecule has 8 heteroatoms. The zero-order chi connectivity index (χ0) is 13.8. The van der Waals surface area contributed by atoms with Crippen LogP contribution in [-0.4, -0.2) is 31.3 Å². The molecule has 0 spiro atoms. The molecule has 0 bridgehead atoms. The number of aromatic amines is 1. The number of hydrogen-bond donors (Lipinski definition) is 2. The first kappa shape index (κ1) is 12.0. The van der Waals surface area contributed by atoms with Gasteiger partial charge in [-0.25, -0.2) is 4.98 Å². The van der Waals surface area contributed by atoms with Crippen molar-refractivity contribution in [2.45, 2.75) is 6.54 Å². The Kier molecular flexibility index (Phi) is 3.19. The van der Waals surface area contributed by atoms with Crippen molar-refractivity contribution in [1.82, 2.24) is 30.7 Å². The Labute approximate surface area is 113 Å². The second-order valence-corrected chi connectivity index (χ2v) is 3.94. The summed E-state index contributed by atoms with van der Waals surface area (Å²) in [5.41, 5.74) is 1.29. The molecule has 2 N–H and O–H groups in total. The van der Waals surface area contributed by atoms with Crippen LogP contribution in [0, 0.1) is 0 Å². The van der Waals surface area contributed by atoms with Crippen LogP contribution in [0.5, 0.6) is 0 Å². The number of aromatic nitrogens is 5. The number of benzene rings is 1. The molecule has 20 heavy (non-hydrogen) atoms. The normalized spacial score (nSPS) is 10.4. The van der Waals surface area contributed by atoms with Crippen molar-refractivity contribution in [1.29, 1.82) is 0 Å². The first-order chi connectivity index (χ1) is 9.83. The first-order valence-corrected chi connectivity index (χ1v) is 5.82. The average Bonchev–Trinajstić information content (AvgIpc) is 3.18. The summed E-state index contributed by atoms with van der Waals surface area (Å²) in [6.07, 6.45) is 2.65. The van der Waals surface area contributed by atoms with Gasteiger partial charge in [-0.2, -0.15) is 5.10 Å². The summed E-state index contributed by atoms with van der Waals surface area (Å²) in [5.74, 6) is 0.818. The lowest BCUT2D eigenvalue weighted by Crippen LogP contribution is -2.23. The Morgan fingerprint density at radius 3 is 2.80 bits per heavy atom. The number of H-pyrrole nitrogens is 1. The monoisotopic (exact) mass is 270 g/mol. The standard InChI is InChI=1S/C12H10N6O2/c19-11(13-5-10-14-6-15-17-10)8-1-3-9(4-2-8)12-18-16-7-20-12/h1-4,6-7H,5H2,(H,13,19)(H,14,15,17). The van der Waals surface area contributed by atoms with Gasteiger partial charge < -0.3 is 9.73 Å². The summed E-state index contributed by atoms with van der Waals surface area (Å²) >= 11 is 0. The highest BCUT2D eigenvalue weighted by molar-refractivity contribution is 5.94. The molecule has 0 saturated carbocycles. The van der Waals surface area contributed by atoms with E-state index < -0.39 is 0 Å². The highest BCUT2D eigenvalue weighted by Crippen LogP contribution is 2.16. The van der Waals surface area contributed by atoms with E-state index in [1.165, 1.54) is 12.7 Å². The second kappa shape index (κ2) is 5.31. The third-order valence-corrected chi connectivity index (χ3v) is 2.64. The molecule has 0 aliphatic rings. The van der Waals surface area contributed by atoms with Crippen molar-refractivity contribution in [3.8, 4) is 11.5 Å². The minimum absolute atomic E-state index is 0.196. The van der Waals surface area contributed by atoms with E-state index in [0.717, 1.165) is 5.56 Å². The van der Waals surface area contributed by atoms with Crippen molar-refractivity contribution in [3.05, 3.63) is 48.4 Å².